The second-order valence-corrected chi connectivity index (χ2v) is 12.2. The van der Waals surface area contributed by atoms with Gasteiger partial charge in [0.2, 0.25) is 0 Å². The van der Waals surface area contributed by atoms with E-state index in [1.165, 1.54) is 0 Å². The highest BCUT2D eigenvalue weighted by molar-refractivity contribution is 8.50. The van der Waals surface area contributed by atoms with Gasteiger partial charge in [0.1, 0.15) is 0 Å². The van der Waals surface area contributed by atoms with Crippen LogP contribution in [-0.4, -0.2) is 39.9 Å². The third-order valence-electron chi connectivity index (χ3n) is 5.76. The largest absolute Gasteiger partial charge is 0.481 e. The number of thiol groups is 1. The molecular formula is C26H26MgO2S. The Kier molecular flexibility index (Phi) is 6.71. The van der Waals surface area contributed by atoms with Crippen LogP contribution in [0.25, 0.3) is 0 Å². The fraction of sp³-hybridized carbons (Fsp3) is 0.0385. The van der Waals surface area contributed by atoms with Crippen LogP contribution in [0.2, 0.25) is 0 Å². The molecule has 2 nitrogen and oxygen atoms in total. The third-order valence-corrected chi connectivity index (χ3v) is 12.4. The summed E-state index contributed by atoms with van der Waals surface area (Å²) in [7, 11) is -3.54. The summed E-state index contributed by atoms with van der Waals surface area (Å²) in [5.41, 5.74) is 0. The highest BCUT2D eigenvalue weighted by atomic mass is 32.3. The lowest BCUT2D eigenvalue weighted by Crippen LogP contribution is -2.29. The van der Waals surface area contributed by atoms with Crippen LogP contribution in [0.5, 0.6) is 0 Å². The first-order valence-electron chi connectivity index (χ1n) is 9.63. The van der Waals surface area contributed by atoms with Crippen molar-refractivity contribution >= 4 is 38.2 Å². The zero-order valence-corrected chi connectivity index (χ0v) is 17.0. The van der Waals surface area contributed by atoms with E-state index in [4.69, 9.17) is 0 Å². The van der Waals surface area contributed by atoms with Gasteiger partial charge in [-0.25, -0.2) is 0 Å². The molecule has 4 aromatic rings. The molecule has 150 valence electrons. The minimum atomic E-state index is -3.54. The SMILES string of the molecule is O=C(O)C[SH](c1ccccc1)(c1ccccc1)(c1ccccc1)c1ccccc1.[MgH2]. The molecule has 0 atom stereocenters. The zero-order chi connectivity index (χ0) is 20.2. The van der Waals surface area contributed by atoms with Gasteiger partial charge in [-0.3, -0.25) is 4.79 Å². The van der Waals surface area contributed by atoms with Crippen LogP contribution in [0.1, 0.15) is 0 Å². The van der Waals surface area contributed by atoms with E-state index in [2.05, 4.69) is 48.5 Å². The van der Waals surface area contributed by atoms with Crippen molar-refractivity contribution in [1.29, 1.82) is 0 Å². The van der Waals surface area contributed by atoms with Gasteiger partial charge in [-0.05, 0) is 19.6 Å². The Morgan fingerprint density at radius 1 is 0.533 bits per heavy atom. The molecule has 4 aromatic carbocycles. The van der Waals surface area contributed by atoms with E-state index in [-0.39, 0.29) is 28.8 Å². The summed E-state index contributed by atoms with van der Waals surface area (Å²) in [6.45, 7) is 0. The van der Waals surface area contributed by atoms with Gasteiger partial charge in [-0.2, -0.15) is 9.16 Å². The number of hydrogen-bond donors (Lipinski definition) is 2. The van der Waals surface area contributed by atoms with Crippen molar-refractivity contribution in [3.8, 4) is 0 Å². The molecule has 0 saturated carbocycles. The Hall–Kier alpha value is -2.53. The molecule has 1 N–H and O–H groups in total. The molecule has 0 aliphatic rings. The molecule has 0 aromatic heterocycles. The molecule has 0 aliphatic heterocycles. The van der Waals surface area contributed by atoms with Crippen LogP contribution in [0, 0.1) is 0 Å². The molecule has 4 heteroatoms. The van der Waals surface area contributed by atoms with Gasteiger partial charge in [-0.1, -0.05) is 121 Å². The minimum absolute atomic E-state index is 0. The highest BCUT2D eigenvalue weighted by Gasteiger charge is 2.49. The number of hydrogen-bond acceptors (Lipinski definition) is 1. The van der Waals surface area contributed by atoms with Crippen molar-refractivity contribution in [2.24, 2.45) is 0 Å². The van der Waals surface area contributed by atoms with Gasteiger partial charge in [-0.15, -0.1) is 0 Å². The lowest BCUT2D eigenvalue weighted by Gasteiger charge is -2.62. The predicted molar refractivity (Wildman–Crippen MR) is 129 cm³/mol. The maximum atomic E-state index is 12.5. The van der Waals surface area contributed by atoms with E-state index < -0.39 is 15.1 Å². The molecule has 0 saturated heterocycles. The smallest absolute Gasteiger partial charge is 0.316 e. The van der Waals surface area contributed by atoms with Gasteiger partial charge >= 0.3 is 29.0 Å². The minimum Gasteiger partial charge on any atom is -0.481 e. The molecule has 30 heavy (non-hydrogen) atoms. The second kappa shape index (κ2) is 9.08. The number of carboxylic acid groups (broad SMARTS) is 1. The number of carboxylic acids is 1. The first-order valence-corrected chi connectivity index (χ1v) is 12.1. The first-order chi connectivity index (χ1) is 14.2. The molecule has 0 heterocycles. The lowest BCUT2D eigenvalue weighted by atomic mass is 10.3. The van der Waals surface area contributed by atoms with Crippen molar-refractivity contribution in [2.45, 2.75) is 19.6 Å². The summed E-state index contributed by atoms with van der Waals surface area (Å²) in [5, 5.41) is 10.3. The van der Waals surface area contributed by atoms with Gasteiger partial charge in [0.05, 0.1) is 5.75 Å². The molecule has 0 amide bonds. The van der Waals surface area contributed by atoms with Gasteiger partial charge in [0.15, 0.2) is 0 Å². The van der Waals surface area contributed by atoms with E-state index in [0.717, 1.165) is 19.6 Å². The fourth-order valence-electron chi connectivity index (χ4n) is 4.56. The Labute approximate surface area is 194 Å². The number of carbonyl (C=O) groups is 1. The van der Waals surface area contributed by atoms with Crippen LogP contribution in [0.15, 0.2) is 141 Å². The molecule has 4 rings (SSSR count). The Balaban J connectivity index is 0.00000256. The Morgan fingerprint density at radius 2 is 0.767 bits per heavy atom. The maximum Gasteiger partial charge on any atom is 0.316 e. The van der Waals surface area contributed by atoms with Crippen molar-refractivity contribution in [1.82, 2.24) is 0 Å². The normalized spacial score (nSPS) is 12.2. The van der Waals surface area contributed by atoms with E-state index in [1.54, 1.807) is 0 Å². The van der Waals surface area contributed by atoms with Crippen LogP contribution >= 0.6 is 9.16 Å². The van der Waals surface area contributed by atoms with E-state index in [1.807, 2.05) is 72.8 Å². The van der Waals surface area contributed by atoms with E-state index >= 15 is 0 Å². The van der Waals surface area contributed by atoms with Crippen molar-refractivity contribution in [3.05, 3.63) is 121 Å². The summed E-state index contributed by atoms with van der Waals surface area (Å²) >= 11 is 0. The number of aliphatic carboxylic acids is 1. The van der Waals surface area contributed by atoms with E-state index in [9.17, 15) is 9.90 Å². The molecule has 0 radical (unpaired) electrons. The average molecular weight is 427 g/mol. The molecule has 0 bridgehead atoms. The van der Waals surface area contributed by atoms with Crippen LogP contribution in [0.3, 0.4) is 0 Å². The van der Waals surface area contributed by atoms with Crippen molar-refractivity contribution < 1.29 is 9.90 Å². The Bertz CT molecular complexity index is 931. The lowest BCUT2D eigenvalue weighted by molar-refractivity contribution is -0.134. The quantitative estimate of drug-likeness (QED) is 0.317. The van der Waals surface area contributed by atoms with Gasteiger partial charge in [0.25, 0.3) is 0 Å². The monoisotopic (exact) mass is 426 g/mol. The molecule has 0 fully saturated rings. The summed E-state index contributed by atoms with van der Waals surface area (Å²) in [6, 6.07) is 40.7. The summed E-state index contributed by atoms with van der Waals surface area (Å²) in [4.78, 5) is 16.8. The number of benzene rings is 4. The van der Waals surface area contributed by atoms with Crippen LogP contribution in [-0.2, 0) is 4.79 Å². The van der Waals surface area contributed by atoms with Crippen molar-refractivity contribution in [2.75, 3.05) is 5.75 Å². The maximum absolute atomic E-state index is 12.5. The summed E-state index contributed by atoms with van der Waals surface area (Å²) in [5.74, 6) is -0.781. The van der Waals surface area contributed by atoms with Gasteiger partial charge < -0.3 is 5.11 Å². The Morgan fingerprint density at radius 3 is 0.967 bits per heavy atom. The topological polar surface area (TPSA) is 37.3 Å². The van der Waals surface area contributed by atoms with Crippen LogP contribution < -0.4 is 0 Å². The fourth-order valence-corrected chi connectivity index (χ4v) is 10.9. The summed E-state index contributed by atoms with van der Waals surface area (Å²) in [6.07, 6.45) is 0. The second-order valence-electron chi connectivity index (χ2n) is 7.20. The predicted octanol–water partition coefficient (Wildman–Crippen LogP) is 5.46. The van der Waals surface area contributed by atoms with E-state index in [0.29, 0.717) is 0 Å². The molecular weight excluding hydrogens is 401 g/mol. The first kappa shape index (κ1) is 22.2. The zero-order valence-electron chi connectivity index (χ0n) is 16.1. The molecule has 0 aliphatic carbocycles. The van der Waals surface area contributed by atoms with Gasteiger partial charge in [0, 0.05) is 0 Å². The highest BCUT2D eigenvalue weighted by Crippen LogP contribution is 2.89. The third kappa shape index (κ3) is 3.35. The van der Waals surface area contributed by atoms with Crippen molar-refractivity contribution in [3.63, 3.8) is 0 Å². The molecule has 0 spiro atoms. The summed E-state index contributed by atoms with van der Waals surface area (Å²) < 4.78 is 0. The number of rotatable bonds is 6. The standard InChI is InChI=1S/C26H24O2S.Mg.2H/c27-26(28)21-29(22-13-5-1-6-14-22,23-15-7-2-8-16-23,24-17-9-3-10-18-24)25-19-11-4-12-20-25;;;/h1-20,29H,21H2,(H,27,28);;;. The van der Waals surface area contributed by atoms with Crippen LogP contribution in [0.4, 0.5) is 0 Å². The average Bonchev–Trinajstić information content (AvgIpc) is 2.80. The molecule has 0 unspecified atom stereocenters.